The molecule has 0 radical (unpaired) electrons. The molecule has 1 aromatic rings. The Bertz CT molecular complexity index is 537. The maximum Gasteiger partial charge on any atom is 0.416 e. The lowest BCUT2D eigenvalue weighted by Crippen LogP contribution is -2.23. The molecule has 0 spiro atoms. The van der Waals surface area contributed by atoms with E-state index in [1.807, 2.05) is 0 Å². The summed E-state index contributed by atoms with van der Waals surface area (Å²) in [4.78, 5) is 10.9. The number of halogens is 6. The van der Waals surface area contributed by atoms with E-state index in [4.69, 9.17) is 0 Å². The molecule has 0 bridgehead atoms. The second kappa shape index (κ2) is 4.57. The molecule has 9 heteroatoms. The summed E-state index contributed by atoms with van der Waals surface area (Å²) in [6.07, 6.45) is -9.81. The minimum absolute atomic E-state index is 0.0554. The van der Waals surface area contributed by atoms with Crippen LogP contribution in [0, 0.1) is 0 Å². The van der Waals surface area contributed by atoms with Crippen molar-refractivity contribution in [2.45, 2.75) is 18.4 Å². The highest BCUT2D eigenvalue weighted by atomic mass is 19.4. The zero-order chi connectivity index (χ0) is 15.1. The Hall–Kier alpha value is -1.93. The van der Waals surface area contributed by atoms with Gasteiger partial charge in [-0.25, -0.2) is 4.79 Å². The highest BCUT2D eigenvalue weighted by Crippen LogP contribution is 2.39. The highest BCUT2D eigenvalue weighted by molar-refractivity contribution is 5.77. The lowest BCUT2D eigenvalue weighted by atomic mass is 9.97. The van der Waals surface area contributed by atoms with E-state index in [0.717, 1.165) is 6.07 Å². The van der Waals surface area contributed by atoms with Gasteiger partial charge in [0.05, 0.1) is 17.2 Å². The van der Waals surface area contributed by atoms with Crippen LogP contribution in [0.25, 0.3) is 0 Å². The molecule has 0 saturated carbocycles. The van der Waals surface area contributed by atoms with Crippen molar-refractivity contribution in [1.29, 1.82) is 0 Å². The van der Waals surface area contributed by atoms with Crippen LogP contribution in [0.5, 0.6) is 0 Å². The summed E-state index contributed by atoms with van der Waals surface area (Å²) in [5, 5.41) is 4.46. The van der Waals surface area contributed by atoms with Gasteiger partial charge in [-0.3, -0.25) is 0 Å². The Balaban J connectivity index is 2.49. The molecule has 2 N–H and O–H groups in total. The maximum atomic E-state index is 12.9. The van der Waals surface area contributed by atoms with Gasteiger partial charge in [0, 0.05) is 6.54 Å². The number of carbonyl (C=O) groups excluding carboxylic acids is 1. The molecule has 3 nitrogen and oxygen atoms in total. The molecule has 1 saturated heterocycles. The summed E-state index contributed by atoms with van der Waals surface area (Å²) in [6.45, 7) is -0.118. The third kappa shape index (κ3) is 2.81. The van der Waals surface area contributed by atoms with Crippen LogP contribution < -0.4 is 10.6 Å². The van der Waals surface area contributed by atoms with Crippen LogP contribution in [0.15, 0.2) is 18.2 Å². The Labute approximate surface area is 109 Å². The predicted molar refractivity (Wildman–Crippen MR) is 55.7 cm³/mol. The van der Waals surface area contributed by atoms with Gasteiger partial charge in [0.25, 0.3) is 0 Å². The van der Waals surface area contributed by atoms with E-state index in [9.17, 15) is 31.1 Å². The van der Waals surface area contributed by atoms with Crippen molar-refractivity contribution < 1.29 is 31.1 Å². The monoisotopic (exact) mass is 298 g/mol. The first-order valence-corrected chi connectivity index (χ1v) is 5.42. The molecule has 2 amide bonds. The summed E-state index contributed by atoms with van der Waals surface area (Å²) in [6, 6.07) is -0.317. The quantitative estimate of drug-likeness (QED) is 0.769. The summed E-state index contributed by atoms with van der Waals surface area (Å²) >= 11 is 0. The van der Waals surface area contributed by atoms with Crippen LogP contribution in [-0.4, -0.2) is 12.6 Å². The zero-order valence-corrected chi connectivity index (χ0v) is 9.69. The Morgan fingerprint density at radius 3 is 2.15 bits per heavy atom. The van der Waals surface area contributed by atoms with Crippen LogP contribution in [0.2, 0.25) is 0 Å². The minimum atomic E-state index is -4.94. The van der Waals surface area contributed by atoms with E-state index in [-0.39, 0.29) is 12.6 Å². The van der Waals surface area contributed by atoms with Gasteiger partial charge in [0.15, 0.2) is 0 Å². The first kappa shape index (κ1) is 14.5. The summed E-state index contributed by atoms with van der Waals surface area (Å²) in [5.74, 6) is 0. The first-order valence-electron chi connectivity index (χ1n) is 5.42. The fraction of sp³-hybridized carbons (Fsp3) is 0.364. The van der Waals surface area contributed by atoms with Gasteiger partial charge in [-0.2, -0.15) is 26.3 Å². The Kier molecular flexibility index (Phi) is 3.31. The van der Waals surface area contributed by atoms with Crippen LogP contribution in [0.1, 0.15) is 22.7 Å². The number of amides is 2. The second-order valence-electron chi connectivity index (χ2n) is 4.20. The topological polar surface area (TPSA) is 41.1 Å². The van der Waals surface area contributed by atoms with Crippen molar-refractivity contribution in [1.82, 2.24) is 10.6 Å². The Morgan fingerprint density at radius 2 is 1.70 bits per heavy atom. The van der Waals surface area contributed by atoms with Crippen molar-refractivity contribution in [2.75, 3.05) is 6.54 Å². The Morgan fingerprint density at radius 1 is 1.05 bits per heavy atom. The highest BCUT2D eigenvalue weighted by Gasteiger charge is 2.40. The molecular formula is C11H8F6N2O. The lowest BCUT2D eigenvalue weighted by Gasteiger charge is -2.19. The average Bonchev–Trinajstić information content (AvgIpc) is 2.72. The molecule has 2 rings (SSSR count). The number of benzene rings is 1. The maximum absolute atomic E-state index is 12.9. The molecular weight excluding hydrogens is 290 g/mol. The van der Waals surface area contributed by atoms with Crippen molar-refractivity contribution in [3.63, 3.8) is 0 Å². The minimum Gasteiger partial charge on any atom is -0.336 e. The van der Waals surface area contributed by atoms with Crippen LogP contribution in [0.3, 0.4) is 0 Å². The summed E-state index contributed by atoms with van der Waals surface area (Å²) in [7, 11) is 0. The molecule has 1 fully saturated rings. The van der Waals surface area contributed by atoms with Crippen molar-refractivity contribution in [2.24, 2.45) is 0 Å². The van der Waals surface area contributed by atoms with Gasteiger partial charge in [0.2, 0.25) is 0 Å². The van der Waals surface area contributed by atoms with Gasteiger partial charge in [-0.15, -0.1) is 0 Å². The van der Waals surface area contributed by atoms with E-state index >= 15 is 0 Å². The number of alkyl halides is 6. The number of urea groups is 1. The van der Waals surface area contributed by atoms with E-state index in [2.05, 4.69) is 10.6 Å². The van der Waals surface area contributed by atoms with Crippen molar-refractivity contribution in [3.8, 4) is 0 Å². The molecule has 1 atom stereocenters. The van der Waals surface area contributed by atoms with Crippen LogP contribution >= 0.6 is 0 Å². The van der Waals surface area contributed by atoms with Gasteiger partial charge in [0.1, 0.15) is 0 Å². The second-order valence-corrected chi connectivity index (χ2v) is 4.20. The molecule has 110 valence electrons. The number of hydrogen-bond donors (Lipinski definition) is 2. The molecule has 20 heavy (non-hydrogen) atoms. The fourth-order valence-corrected chi connectivity index (χ4v) is 1.92. The fourth-order valence-electron chi connectivity index (χ4n) is 1.92. The van der Waals surface area contributed by atoms with Gasteiger partial charge >= 0.3 is 18.4 Å². The number of carbonyl (C=O) groups is 1. The molecule has 0 aromatic heterocycles. The van der Waals surface area contributed by atoms with Crippen LogP contribution in [0.4, 0.5) is 31.1 Å². The van der Waals surface area contributed by atoms with E-state index in [1.54, 1.807) is 0 Å². The van der Waals surface area contributed by atoms with Gasteiger partial charge in [-0.1, -0.05) is 6.07 Å². The largest absolute Gasteiger partial charge is 0.416 e. The number of nitrogens with one attached hydrogen (secondary N) is 2. The predicted octanol–water partition coefficient (Wildman–Crippen LogP) is 3.08. The molecule has 1 aliphatic heterocycles. The van der Waals surface area contributed by atoms with E-state index < -0.39 is 41.1 Å². The number of rotatable bonds is 1. The lowest BCUT2D eigenvalue weighted by molar-refractivity contribution is -0.143. The van der Waals surface area contributed by atoms with E-state index in [1.165, 1.54) is 0 Å². The SMILES string of the molecule is O=C1NC[C@H](c2ccc(C(F)(F)F)cc2C(F)(F)F)N1. The molecule has 0 unspecified atom stereocenters. The summed E-state index contributed by atoms with van der Waals surface area (Å²) in [5.41, 5.74) is -3.18. The molecule has 0 aliphatic carbocycles. The third-order valence-electron chi connectivity index (χ3n) is 2.83. The van der Waals surface area contributed by atoms with Crippen molar-refractivity contribution in [3.05, 3.63) is 34.9 Å². The van der Waals surface area contributed by atoms with Gasteiger partial charge < -0.3 is 10.6 Å². The molecule has 1 aromatic carbocycles. The smallest absolute Gasteiger partial charge is 0.336 e. The zero-order valence-electron chi connectivity index (χ0n) is 9.69. The molecule has 1 aliphatic rings. The standard InChI is InChI=1S/C11H8F6N2O/c12-10(13,14)5-1-2-6(7(3-5)11(15,16)17)8-4-18-9(20)19-8/h1-3,8H,4H2,(H2,18,19,20)/t8-/m1/s1. The average molecular weight is 298 g/mol. The van der Waals surface area contributed by atoms with E-state index in [0.29, 0.717) is 6.07 Å². The number of hydrogen-bond acceptors (Lipinski definition) is 1. The molecule has 1 heterocycles. The first-order chi connectivity index (χ1) is 9.09. The van der Waals surface area contributed by atoms with Gasteiger partial charge in [-0.05, 0) is 17.7 Å². The van der Waals surface area contributed by atoms with Crippen LogP contribution in [-0.2, 0) is 12.4 Å². The van der Waals surface area contributed by atoms with Crippen molar-refractivity contribution >= 4 is 6.03 Å². The third-order valence-corrected chi connectivity index (χ3v) is 2.83. The summed E-state index contributed by atoms with van der Waals surface area (Å²) < 4.78 is 76.0. The normalized spacial score (nSPS) is 19.7.